The van der Waals surface area contributed by atoms with Crippen molar-refractivity contribution in [1.29, 1.82) is 0 Å². The summed E-state index contributed by atoms with van der Waals surface area (Å²) in [4.78, 5) is 23.8. The van der Waals surface area contributed by atoms with Crippen molar-refractivity contribution in [3.05, 3.63) is 64.7 Å². The fraction of sp³-hybridized carbons (Fsp3) is 0.176. The Morgan fingerprint density at radius 2 is 1.85 bits per heavy atom. The Bertz CT molecular complexity index is 916. The summed E-state index contributed by atoms with van der Waals surface area (Å²) in [5.41, 5.74) is 0.816. The van der Waals surface area contributed by atoms with E-state index in [0.29, 0.717) is 0 Å². The lowest BCUT2D eigenvalue weighted by Crippen LogP contribution is -2.35. The minimum atomic E-state index is -4.09. The van der Waals surface area contributed by atoms with Crippen molar-refractivity contribution < 1.29 is 22.7 Å². The summed E-state index contributed by atoms with van der Waals surface area (Å²) in [6.07, 6.45) is -1.07. The first kappa shape index (κ1) is 19.9. The molecule has 9 heteroatoms. The van der Waals surface area contributed by atoms with Gasteiger partial charge in [0.2, 0.25) is 10.0 Å². The average molecular weight is 397 g/mol. The highest BCUT2D eigenvalue weighted by atomic mass is 35.5. The molecule has 138 valence electrons. The molecule has 2 rings (SSSR count). The lowest BCUT2D eigenvalue weighted by atomic mass is 10.2. The Kier molecular flexibility index (Phi) is 6.36. The standard InChI is InChI=1S/C17H17ClN2O5S/c1-11(16(21)20-10-12-5-3-2-4-6-12)25-17(22)13-7-8-14(18)15(9-13)26(19,23)24/h2-9,11H,10H2,1H3,(H,20,21)(H2,19,23,24)/t11-/m1/s1. The van der Waals surface area contributed by atoms with Gasteiger partial charge in [0.1, 0.15) is 4.90 Å². The van der Waals surface area contributed by atoms with E-state index in [0.717, 1.165) is 11.6 Å². The maximum atomic E-state index is 12.1. The van der Waals surface area contributed by atoms with E-state index in [2.05, 4.69) is 5.32 Å². The molecular formula is C17H17ClN2O5S. The molecule has 0 heterocycles. The maximum Gasteiger partial charge on any atom is 0.338 e. The van der Waals surface area contributed by atoms with E-state index in [1.54, 1.807) is 0 Å². The van der Waals surface area contributed by atoms with Gasteiger partial charge in [0.25, 0.3) is 5.91 Å². The normalized spacial score (nSPS) is 12.3. The molecule has 0 saturated heterocycles. The minimum Gasteiger partial charge on any atom is -0.449 e. The van der Waals surface area contributed by atoms with E-state index in [-0.39, 0.29) is 17.1 Å². The van der Waals surface area contributed by atoms with E-state index in [1.165, 1.54) is 19.1 Å². The average Bonchev–Trinajstić information content (AvgIpc) is 2.59. The van der Waals surface area contributed by atoms with Gasteiger partial charge in [-0.2, -0.15) is 0 Å². The van der Waals surface area contributed by atoms with Crippen LogP contribution in [0.15, 0.2) is 53.4 Å². The lowest BCUT2D eigenvalue weighted by Gasteiger charge is -2.14. The maximum absolute atomic E-state index is 12.1. The van der Waals surface area contributed by atoms with E-state index >= 15 is 0 Å². The molecule has 0 radical (unpaired) electrons. The van der Waals surface area contributed by atoms with Crippen LogP contribution in [0.2, 0.25) is 5.02 Å². The molecule has 3 N–H and O–H groups in total. The van der Waals surface area contributed by atoms with Crippen molar-refractivity contribution in [3.63, 3.8) is 0 Å². The predicted molar refractivity (Wildman–Crippen MR) is 96.0 cm³/mol. The van der Waals surface area contributed by atoms with Crippen LogP contribution in [0.1, 0.15) is 22.8 Å². The molecule has 26 heavy (non-hydrogen) atoms. The Morgan fingerprint density at radius 3 is 2.46 bits per heavy atom. The first-order chi connectivity index (χ1) is 12.2. The molecule has 2 aromatic carbocycles. The summed E-state index contributed by atoms with van der Waals surface area (Å²) >= 11 is 5.77. The van der Waals surface area contributed by atoms with E-state index in [9.17, 15) is 18.0 Å². The van der Waals surface area contributed by atoms with Crippen molar-refractivity contribution in [1.82, 2.24) is 5.32 Å². The van der Waals surface area contributed by atoms with E-state index in [1.807, 2.05) is 30.3 Å². The van der Waals surface area contributed by atoms with E-state index < -0.39 is 32.9 Å². The molecule has 0 aromatic heterocycles. The molecule has 7 nitrogen and oxygen atoms in total. The zero-order valence-electron chi connectivity index (χ0n) is 13.8. The number of nitrogens with two attached hydrogens (primary N) is 1. The molecule has 0 spiro atoms. The van der Waals surface area contributed by atoms with Crippen LogP contribution in [0.3, 0.4) is 0 Å². The van der Waals surface area contributed by atoms with Crippen LogP contribution < -0.4 is 10.5 Å². The number of benzene rings is 2. The second-order valence-corrected chi connectivity index (χ2v) is 7.38. The number of halogens is 1. The molecule has 0 fully saturated rings. The Balaban J connectivity index is 2.01. The number of hydrogen-bond acceptors (Lipinski definition) is 5. The van der Waals surface area contributed by atoms with Crippen LogP contribution in [0.5, 0.6) is 0 Å². The Labute approximate surface area is 156 Å². The minimum absolute atomic E-state index is 0.0823. The van der Waals surface area contributed by atoms with Gasteiger partial charge in [0.05, 0.1) is 10.6 Å². The highest BCUT2D eigenvalue weighted by Crippen LogP contribution is 2.22. The summed E-state index contributed by atoms with van der Waals surface area (Å²) in [5.74, 6) is -1.35. The van der Waals surface area contributed by atoms with Crippen LogP contribution in [-0.2, 0) is 26.1 Å². The first-order valence-corrected chi connectivity index (χ1v) is 9.46. The first-order valence-electron chi connectivity index (χ1n) is 7.53. The monoisotopic (exact) mass is 396 g/mol. The van der Waals surface area contributed by atoms with Gasteiger partial charge in [0, 0.05) is 6.54 Å². The molecule has 0 unspecified atom stereocenters. The number of rotatable bonds is 6. The van der Waals surface area contributed by atoms with Gasteiger partial charge in [-0.3, -0.25) is 4.79 Å². The van der Waals surface area contributed by atoms with Crippen molar-refractivity contribution >= 4 is 33.5 Å². The number of ether oxygens (including phenoxy) is 1. The number of carbonyl (C=O) groups is 2. The number of amides is 1. The summed E-state index contributed by atoms with van der Waals surface area (Å²) in [7, 11) is -4.09. The van der Waals surface area contributed by atoms with Crippen LogP contribution >= 0.6 is 11.6 Å². The number of hydrogen-bond donors (Lipinski definition) is 2. The summed E-state index contributed by atoms with van der Waals surface area (Å²) in [6.45, 7) is 1.70. The lowest BCUT2D eigenvalue weighted by molar-refractivity contribution is -0.129. The third-order valence-electron chi connectivity index (χ3n) is 3.44. The smallest absolute Gasteiger partial charge is 0.338 e. The molecule has 1 amide bonds. The number of esters is 1. The topological polar surface area (TPSA) is 116 Å². The fourth-order valence-electron chi connectivity index (χ4n) is 2.06. The van der Waals surface area contributed by atoms with Crippen molar-refractivity contribution in [2.75, 3.05) is 0 Å². The highest BCUT2D eigenvalue weighted by molar-refractivity contribution is 7.89. The summed E-state index contributed by atoms with van der Waals surface area (Å²) in [6, 6.07) is 12.8. The molecule has 2 aromatic rings. The number of carbonyl (C=O) groups excluding carboxylic acids is 2. The van der Waals surface area contributed by atoms with Gasteiger partial charge < -0.3 is 10.1 Å². The molecule has 0 aliphatic carbocycles. The molecular weight excluding hydrogens is 380 g/mol. The number of sulfonamides is 1. The van der Waals surface area contributed by atoms with Crippen molar-refractivity contribution in [2.45, 2.75) is 24.5 Å². The zero-order valence-corrected chi connectivity index (χ0v) is 15.4. The van der Waals surface area contributed by atoms with Crippen molar-refractivity contribution in [2.24, 2.45) is 5.14 Å². The number of primary sulfonamides is 1. The van der Waals surface area contributed by atoms with Crippen LogP contribution in [-0.4, -0.2) is 26.4 Å². The highest BCUT2D eigenvalue weighted by Gasteiger charge is 2.21. The van der Waals surface area contributed by atoms with E-state index in [4.69, 9.17) is 21.5 Å². The molecule has 0 saturated carbocycles. The van der Waals surface area contributed by atoms with Gasteiger partial charge in [-0.1, -0.05) is 41.9 Å². The zero-order chi connectivity index (χ0) is 19.3. The van der Waals surface area contributed by atoms with Gasteiger partial charge in [-0.15, -0.1) is 0 Å². The van der Waals surface area contributed by atoms with Gasteiger partial charge in [-0.05, 0) is 30.7 Å². The number of nitrogens with one attached hydrogen (secondary N) is 1. The Morgan fingerprint density at radius 1 is 1.19 bits per heavy atom. The molecule has 0 bridgehead atoms. The van der Waals surface area contributed by atoms with Crippen molar-refractivity contribution in [3.8, 4) is 0 Å². The molecule has 0 aliphatic rings. The third-order valence-corrected chi connectivity index (χ3v) is 4.83. The Hall–Kier alpha value is -2.42. The fourth-order valence-corrected chi connectivity index (χ4v) is 3.13. The van der Waals surface area contributed by atoms with Gasteiger partial charge >= 0.3 is 5.97 Å². The summed E-state index contributed by atoms with van der Waals surface area (Å²) in [5, 5.41) is 7.58. The quantitative estimate of drug-likeness (QED) is 0.723. The van der Waals surface area contributed by atoms with Crippen LogP contribution in [0.25, 0.3) is 0 Å². The SMILES string of the molecule is C[C@@H](OC(=O)c1ccc(Cl)c(S(N)(=O)=O)c1)C(=O)NCc1ccccc1. The van der Waals surface area contributed by atoms with Gasteiger partial charge in [-0.25, -0.2) is 18.4 Å². The second-order valence-electron chi connectivity index (χ2n) is 5.44. The second kappa shape index (κ2) is 8.31. The molecule has 1 atom stereocenters. The molecule has 0 aliphatic heterocycles. The largest absolute Gasteiger partial charge is 0.449 e. The van der Waals surface area contributed by atoms with Crippen LogP contribution in [0, 0.1) is 0 Å². The van der Waals surface area contributed by atoms with Crippen LogP contribution in [0.4, 0.5) is 0 Å². The van der Waals surface area contributed by atoms with Gasteiger partial charge in [0.15, 0.2) is 6.10 Å². The summed E-state index contributed by atoms with van der Waals surface area (Å²) < 4.78 is 28.0. The third kappa shape index (κ3) is 5.29. The predicted octanol–water partition coefficient (Wildman–Crippen LogP) is 1.85.